The highest BCUT2D eigenvalue weighted by atomic mass is 79.9. The summed E-state index contributed by atoms with van der Waals surface area (Å²) in [6.07, 6.45) is 3.53. The molecule has 1 aromatic rings. The highest BCUT2D eigenvalue weighted by Gasteiger charge is 2.31. The fourth-order valence-corrected chi connectivity index (χ4v) is 2.73. The maximum absolute atomic E-state index is 12.2. The summed E-state index contributed by atoms with van der Waals surface area (Å²) >= 11 is 3.47. The van der Waals surface area contributed by atoms with Crippen molar-refractivity contribution in [1.82, 2.24) is 4.90 Å². The molecule has 3 rings (SSSR count). The summed E-state index contributed by atoms with van der Waals surface area (Å²) in [4.78, 5) is 25.0. The molecule has 1 heterocycles. The van der Waals surface area contributed by atoms with E-state index in [0.717, 1.165) is 33.6 Å². The SMILES string of the molecule is O=C1C=C(Nc2c(Br)cccc2NC2CC2)C(=O)N1CCO. The molecule has 1 aliphatic carbocycles. The van der Waals surface area contributed by atoms with Crippen LogP contribution in [0.3, 0.4) is 0 Å². The molecule has 0 radical (unpaired) electrons. The van der Waals surface area contributed by atoms with E-state index >= 15 is 0 Å². The molecule has 0 aromatic heterocycles. The van der Waals surface area contributed by atoms with Gasteiger partial charge < -0.3 is 15.7 Å². The number of nitrogens with one attached hydrogen (secondary N) is 2. The third-order valence-electron chi connectivity index (χ3n) is 3.54. The molecule has 3 N–H and O–H groups in total. The third kappa shape index (κ3) is 3.00. The van der Waals surface area contributed by atoms with Crippen molar-refractivity contribution in [2.45, 2.75) is 18.9 Å². The fraction of sp³-hybridized carbons (Fsp3) is 0.333. The van der Waals surface area contributed by atoms with E-state index < -0.39 is 11.8 Å². The Hall–Kier alpha value is -1.86. The maximum atomic E-state index is 12.2. The number of aliphatic hydroxyl groups excluding tert-OH is 1. The minimum Gasteiger partial charge on any atom is -0.395 e. The molecule has 0 spiro atoms. The number of carbonyl (C=O) groups excluding carboxylic acids is 2. The second-order valence-electron chi connectivity index (χ2n) is 5.28. The minimum atomic E-state index is -0.424. The first-order valence-corrected chi connectivity index (χ1v) is 7.90. The number of halogens is 1. The smallest absolute Gasteiger partial charge is 0.277 e. The number of benzene rings is 1. The molecule has 1 aromatic carbocycles. The number of hydrogen-bond acceptors (Lipinski definition) is 5. The Labute approximate surface area is 136 Å². The van der Waals surface area contributed by atoms with Crippen LogP contribution in [0.2, 0.25) is 0 Å². The number of rotatable bonds is 6. The Morgan fingerprint density at radius 3 is 2.77 bits per heavy atom. The van der Waals surface area contributed by atoms with Gasteiger partial charge in [-0.1, -0.05) is 6.07 Å². The summed E-state index contributed by atoms with van der Waals surface area (Å²) in [7, 11) is 0. The second-order valence-corrected chi connectivity index (χ2v) is 6.14. The summed E-state index contributed by atoms with van der Waals surface area (Å²) in [6, 6.07) is 6.18. The van der Waals surface area contributed by atoms with E-state index in [1.54, 1.807) is 0 Å². The van der Waals surface area contributed by atoms with Crippen LogP contribution in [-0.2, 0) is 9.59 Å². The topological polar surface area (TPSA) is 81.7 Å². The van der Waals surface area contributed by atoms with E-state index in [4.69, 9.17) is 5.11 Å². The van der Waals surface area contributed by atoms with Gasteiger partial charge in [-0.05, 0) is 40.9 Å². The van der Waals surface area contributed by atoms with Crippen LogP contribution in [0.5, 0.6) is 0 Å². The molecule has 1 fully saturated rings. The number of carbonyl (C=O) groups is 2. The summed E-state index contributed by atoms with van der Waals surface area (Å²) in [5, 5.41) is 15.4. The van der Waals surface area contributed by atoms with Crippen LogP contribution in [-0.4, -0.2) is 41.0 Å². The zero-order valence-corrected chi connectivity index (χ0v) is 13.4. The van der Waals surface area contributed by atoms with Crippen molar-refractivity contribution in [2.75, 3.05) is 23.8 Å². The molecule has 2 amide bonds. The average Bonchev–Trinajstić information content (AvgIpc) is 3.26. The molecule has 1 aliphatic heterocycles. The lowest BCUT2D eigenvalue weighted by atomic mass is 10.2. The normalized spacial score (nSPS) is 17.7. The maximum Gasteiger partial charge on any atom is 0.277 e. The number of aliphatic hydroxyl groups is 1. The molecule has 6 nitrogen and oxygen atoms in total. The van der Waals surface area contributed by atoms with Gasteiger partial charge in [0, 0.05) is 16.6 Å². The van der Waals surface area contributed by atoms with Gasteiger partial charge in [-0.2, -0.15) is 0 Å². The molecule has 2 aliphatic rings. The lowest BCUT2D eigenvalue weighted by Crippen LogP contribution is -2.34. The first-order chi connectivity index (χ1) is 10.6. The number of imide groups is 1. The summed E-state index contributed by atoms with van der Waals surface area (Å²) in [5.41, 5.74) is 1.83. The predicted octanol–water partition coefficient (Wildman–Crippen LogP) is 1.68. The first kappa shape index (κ1) is 15.1. The molecular formula is C15H16BrN3O3. The van der Waals surface area contributed by atoms with E-state index in [9.17, 15) is 9.59 Å². The van der Waals surface area contributed by atoms with Gasteiger partial charge in [0.05, 0.1) is 24.5 Å². The number of para-hydroxylation sites is 1. The van der Waals surface area contributed by atoms with Crippen LogP contribution < -0.4 is 10.6 Å². The quantitative estimate of drug-likeness (QED) is 0.668. The molecule has 116 valence electrons. The first-order valence-electron chi connectivity index (χ1n) is 7.10. The summed E-state index contributed by atoms with van der Waals surface area (Å²) in [6.45, 7) is -0.245. The fourth-order valence-electron chi connectivity index (χ4n) is 2.26. The highest BCUT2D eigenvalue weighted by Crippen LogP contribution is 2.35. The molecule has 0 saturated heterocycles. The van der Waals surface area contributed by atoms with E-state index in [2.05, 4.69) is 26.6 Å². The zero-order valence-electron chi connectivity index (χ0n) is 11.8. The molecular weight excluding hydrogens is 350 g/mol. The number of nitrogens with zero attached hydrogens (tertiary/aromatic N) is 1. The van der Waals surface area contributed by atoms with Crippen LogP contribution in [0.1, 0.15) is 12.8 Å². The number of β-amino-alcohol motifs (C(OH)–C–C–N with tert-alkyl or cyclic N) is 1. The summed E-state index contributed by atoms with van der Waals surface area (Å²) in [5.74, 6) is -0.836. The van der Waals surface area contributed by atoms with Crippen molar-refractivity contribution in [3.05, 3.63) is 34.4 Å². The van der Waals surface area contributed by atoms with Crippen molar-refractivity contribution in [3.63, 3.8) is 0 Å². The van der Waals surface area contributed by atoms with Gasteiger partial charge in [-0.15, -0.1) is 0 Å². The van der Waals surface area contributed by atoms with Crippen LogP contribution in [0.25, 0.3) is 0 Å². The number of hydrogen-bond donors (Lipinski definition) is 3. The second kappa shape index (κ2) is 6.10. The third-order valence-corrected chi connectivity index (χ3v) is 4.20. The molecule has 0 bridgehead atoms. The van der Waals surface area contributed by atoms with Crippen molar-refractivity contribution in [2.24, 2.45) is 0 Å². The van der Waals surface area contributed by atoms with Gasteiger partial charge in [0.15, 0.2) is 0 Å². The molecule has 22 heavy (non-hydrogen) atoms. The van der Waals surface area contributed by atoms with E-state index in [-0.39, 0.29) is 18.8 Å². The van der Waals surface area contributed by atoms with Gasteiger partial charge in [0.2, 0.25) is 0 Å². The van der Waals surface area contributed by atoms with Crippen molar-refractivity contribution in [3.8, 4) is 0 Å². The van der Waals surface area contributed by atoms with E-state index in [0.29, 0.717) is 6.04 Å². The Bertz CT molecular complexity index is 655. The van der Waals surface area contributed by atoms with Crippen molar-refractivity contribution in [1.29, 1.82) is 0 Å². The van der Waals surface area contributed by atoms with Crippen molar-refractivity contribution >= 4 is 39.1 Å². The van der Waals surface area contributed by atoms with Gasteiger partial charge in [-0.25, -0.2) is 0 Å². The molecule has 0 unspecified atom stereocenters. The zero-order chi connectivity index (χ0) is 15.7. The van der Waals surface area contributed by atoms with Gasteiger partial charge in [0.25, 0.3) is 11.8 Å². The summed E-state index contributed by atoms with van der Waals surface area (Å²) < 4.78 is 0.805. The molecule has 0 atom stereocenters. The lowest BCUT2D eigenvalue weighted by Gasteiger charge is -2.17. The van der Waals surface area contributed by atoms with E-state index in [1.165, 1.54) is 6.08 Å². The number of anilines is 2. The predicted molar refractivity (Wildman–Crippen MR) is 86.3 cm³/mol. The monoisotopic (exact) mass is 365 g/mol. The Morgan fingerprint density at radius 1 is 1.32 bits per heavy atom. The Morgan fingerprint density at radius 2 is 2.09 bits per heavy atom. The van der Waals surface area contributed by atoms with E-state index in [1.807, 2.05) is 18.2 Å². The van der Waals surface area contributed by atoms with Crippen LogP contribution in [0.4, 0.5) is 11.4 Å². The minimum absolute atomic E-state index is 0.00247. The van der Waals surface area contributed by atoms with Crippen LogP contribution >= 0.6 is 15.9 Å². The molecule has 7 heteroatoms. The van der Waals surface area contributed by atoms with Crippen LogP contribution in [0.15, 0.2) is 34.4 Å². The largest absolute Gasteiger partial charge is 0.395 e. The Kier molecular flexibility index (Phi) is 4.17. The van der Waals surface area contributed by atoms with Crippen molar-refractivity contribution < 1.29 is 14.7 Å². The van der Waals surface area contributed by atoms with Gasteiger partial charge in [0.1, 0.15) is 5.70 Å². The van der Waals surface area contributed by atoms with Crippen LogP contribution in [0, 0.1) is 0 Å². The number of amides is 2. The lowest BCUT2D eigenvalue weighted by molar-refractivity contribution is -0.137. The highest BCUT2D eigenvalue weighted by molar-refractivity contribution is 9.10. The average molecular weight is 366 g/mol. The standard InChI is InChI=1S/C15H16BrN3O3/c16-10-2-1-3-11(17-9-4-5-9)14(10)18-12-8-13(21)19(6-7-20)15(12)22/h1-3,8-9,17-18,20H,4-7H2. The molecule has 1 saturated carbocycles. The van der Waals surface area contributed by atoms with Gasteiger partial charge in [-0.3, -0.25) is 14.5 Å². The van der Waals surface area contributed by atoms with Gasteiger partial charge >= 0.3 is 0 Å². The Balaban J connectivity index is 1.82.